The first-order chi connectivity index (χ1) is 8.68. The molecule has 0 saturated heterocycles. The Morgan fingerprint density at radius 3 is 2.67 bits per heavy atom. The molecule has 1 aromatic carbocycles. The number of hydrogen-bond donors (Lipinski definition) is 2. The zero-order valence-corrected chi connectivity index (χ0v) is 11.1. The topological polar surface area (TPSA) is 62.5 Å². The van der Waals surface area contributed by atoms with E-state index in [0.717, 1.165) is 5.56 Å². The molecule has 94 valence electrons. The SMILES string of the molecule is O=C(NCC(O)c1ccccc1)c1ccoc1Br. The van der Waals surface area contributed by atoms with Crippen molar-refractivity contribution in [3.8, 4) is 0 Å². The lowest BCUT2D eigenvalue weighted by Crippen LogP contribution is -2.28. The van der Waals surface area contributed by atoms with Gasteiger partial charge < -0.3 is 14.8 Å². The Morgan fingerprint density at radius 1 is 1.33 bits per heavy atom. The number of benzene rings is 1. The van der Waals surface area contributed by atoms with Gasteiger partial charge in [0, 0.05) is 6.54 Å². The molecular weight excluding hydrogens is 298 g/mol. The van der Waals surface area contributed by atoms with E-state index in [2.05, 4.69) is 21.2 Å². The molecular formula is C13H12BrNO3. The van der Waals surface area contributed by atoms with Gasteiger partial charge in [-0.25, -0.2) is 0 Å². The van der Waals surface area contributed by atoms with Crippen molar-refractivity contribution in [1.82, 2.24) is 5.32 Å². The molecule has 0 aliphatic carbocycles. The Hall–Kier alpha value is -1.59. The van der Waals surface area contributed by atoms with E-state index in [1.54, 1.807) is 6.07 Å². The Bertz CT molecular complexity index is 524. The predicted molar refractivity (Wildman–Crippen MR) is 70.1 cm³/mol. The van der Waals surface area contributed by atoms with Crippen LogP contribution in [0.25, 0.3) is 0 Å². The van der Waals surface area contributed by atoms with Crippen LogP contribution in [0, 0.1) is 0 Å². The lowest BCUT2D eigenvalue weighted by atomic mass is 10.1. The van der Waals surface area contributed by atoms with Gasteiger partial charge in [-0.2, -0.15) is 0 Å². The van der Waals surface area contributed by atoms with Crippen molar-refractivity contribution in [3.05, 3.63) is 58.5 Å². The van der Waals surface area contributed by atoms with Crippen molar-refractivity contribution in [2.45, 2.75) is 6.10 Å². The maximum Gasteiger partial charge on any atom is 0.255 e. The van der Waals surface area contributed by atoms with Gasteiger partial charge in [0.05, 0.1) is 17.9 Å². The molecule has 1 unspecified atom stereocenters. The van der Waals surface area contributed by atoms with Gasteiger partial charge in [-0.3, -0.25) is 4.79 Å². The van der Waals surface area contributed by atoms with Crippen LogP contribution in [0.5, 0.6) is 0 Å². The Balaban J connectivity index is 1.93. The molecule has 0 aliphatic rings. The summed E-state index contributed by atoms with van der Waals surface area (Å²) >= 11 is 3.13. The van der Waals surface area contributed by atoms with E-state index in [1.807, 2.05) is 30.3 Å². The van der Waals surface area contributed by atoms with Crippen LogP contribution in [0.4, 0.5) is 0 Å². The Kier molecular flexibility index (Phi) is 4.17. The smallest absolute Gasteiger partial charge is 0.255 e. The van der Waals surface area contributed by atoms with Gasteiger partial charge in [-0.05, 0) is 27.6 Å². The number of carbonyl (C=O) groups excluding carboxylic acids is 1. The fraction of sp³-hybridized carbons (Fsp3) is 0.154. The quantitative estimate of drug-likeness (QED) is 0.912. The molecule has 18 heavy (non-hydrogen) atoms. The molecule has 0 saturated carbocycles. The minimum Gasteiger partial charge on any atom is -0.457 e. The van der Waals surface area contributed by atoms with Crippen LogP contribution in [0.1, 0.15) is 22.0 Å². The molecule has 4 nitrogen and oxygen atoms in total. The van der Waals surface area contributed by atoms with Crippen LogP contribution in [0.3, 0.4) is 0 Å². The minimum atomic E-state index is -0.721. The third-order valence-corrected chi connectivity index (χ3v) is 3.12. The molecule has 1 amide bonds. The van der Waals surface area contributed by atoms with Gasteiger partial charge in [0.1, 0.15) is 0 Å². The fourth-order valence-electron chi connectivity index (χ4n) is 1.53. The number of aliphatic hydroxyl groups excluding tert-OH is 1. The largest absolute Gasteiger partial charge is 0.457 e. The zero-order valence-electron chi connectivity index (χ0n) is 9.47. The van der Waals surface area contributed by atoms with Crippen LogP contribution < -0.4 is 5.32 Å². The molecule has 0 fully saturated rings. The highest BCUT2D eigenvalue weighted by atomic mass is 79.9. The Morgan fingerprint density at radius 2 is 2.06 bits per heavy atom. The number of amides is 1. The van der Waals surface area contributed by atoms with Crippen molar-refractivity contribution >= 4 is 21.8 Å². The molecule has 0 spiro atoms. The van der Waals surface area contributed by atoms with E-state index < -0.39 is 6.10 Å². The van der Waals surface area contributed by atoms with Crippen molar-refractivity contribution in [1.29, 1.82) is 0 Å². The number of aliphatic hydroxyl groups is 1. The van der Waals surface area contributed by atoms with E-state index in [1.165, 1.54) is 6.26 Å². The maximum absolute atomic E-state index is 11.8. The average molecular weight is 310 g/mol. The fourth-order valence-corrected chi connectivity index (χ4v) is 1.95. The molecule has 2 N–H and O–H groups in total. The standard InChI is InChI=1S/C13H12BrNO3/c14-12-10(6-7-18-12)13(17)15-8-11(16)9-4-2-1-3-5-9/h1-7,11,16H,8H2,(H,15,17). The first kappa shape index (κ1) is 12.9. The summed E-state index contributed by atoms with van der Waals surface area (Å²) in [4.78, 5) is 11.8. The number of hydrogen-bond acceptors (Lipinski definition) is 3. The van der Waals surface area contributed by atoms with E-state index in [4.69, 9.17) is 4.42 Å². The summed E-state index contributed by atoms with van der Waals surface area (Å²) in [6, 6.07) is 10.7. The minimum absolute atomic E-state index is 0.153. The highest BCUT2D eigenvalue weighted by molar-refractivity contribution is 9.10. The van der Waals surface area contributed by atoms with Gasteiger partial charge in [0.2, 0.25) is 0 Å². The summed E-state index contributed by atoms with van der Waals surface area (Å²) in [6.45, 7) is 0.153. The third kappa shape index (κ3) is 3.00. The van der Waals surface area contributed by atoms with Gasteiger partial charge in [0.15, 0.2) is 4.67 Å². The summed E-state index contributed by atoms with van der Waals surface area (Å²) in [5, 5.41) is 12.5. The van der Waals surface area contributed by atoms with Crippen LogP contribution in [0.2, 0.25) is 0 Å². The van der Waals surface area contributed by atoms with Crippen molar-refractivity contribution in [2.75, 3.05) is 6.54 Å². The highest BCUT2D eigenvalue weighted by Gasteiger charge is 2.14. The normalized spacial score (nSPS) is 12.1. The van der Waals surface area contributed by atoms with E-state index in [-0.39, 0.29) is 12.5 Å². The number of carbonyl (C=O) groups is 1. The zero-order chi connectivity index (χ0) is 13.0. The summed E-state index contributed by atoms with van der Waals surface area (Å²) in [6.07, 6.45) is 0.702. The molecule has 0 aliphatic heterocycles. The first-order valence-electron chi connectivity index (χ1n) is 5.42. The lowest BCUT2D eigenvalue weighted by Gasteiger charge is -2.11. The number of furan rings is 1. The van der Waals surface area contributed by atoms with Crippen molar-refractivity contribution in [2.24, 2.45) is 0 Å². The molecule has 5 heteroatoms. The van der Waals surface area contributed by atoms with E-state index in [0.29, 0.717) is 10.2 Å². The van der Waals surface area contributed by atoms with Gasteiger partial charge in [-0.1, -0.05) is 30.3 Å². The first-order valence-corrected chi connectivity index (χ1v) is 6.22. The third-order valence-electron chi connectivity index (χ3n) is 2.50. The number of rotatable bonds is 4. The average Bonchev–Trinajstić information content (AvgIpc) is 2.83. The molecule has 0 radical (unpaired) electrons. The van der Waals surface area contributed by atoms with Crippen LogP contribution >= 0.6 is 15.9 Å². The predicted octanol–water partition coefficient (Wildman–Crippen LogP) is 2.51. The lowest BCUT2D eigenvalue weighted by molar-refractivity contribution is 0.0914. The van der Waals surface area contributed by atoms with Crippen LogP contribution in [-0.4, -0.2) is 17.6 Å². The molecule has 2 aromatic rings. The summed E-state index contributed by atoms with van der Waals surface area (Å²) < 4.78 is 5.35. The van der Waals surface area contributed by atoms with E-state index >= 15 is 0 Å². The van der Waals surface area contributed by atoms with Crippen molar-refractivity contribution < 1.29 is 14.3 Å². The van der Waals surface area contributed by atoms with Crippen LogP contribution in [0.15, 0.2) is 51.7 Å². The number of nitrogens with one attached hydrogen (secondary N) is 1. The second kappa shape index (κ2) is 5.84. The summed E-state index contributed by atoms with van der Waals surface area (Å²) in [5.74, 6) is -0.286. The molecule has 1 aromatic heterocycles. The molecule has 1 heterocycles. The number of halogens is 1. The van der Waals surface area contributed by atoms with E-state index in [9.17, 15) is 9.90 Å². The van der Waals surface area contributed by atoms with Gasteiger partial charge in [0.25, 0.3) is 5.91 Å². The summed E-state index contributed by atoms with van der Waals surface area (Å²) in [7, 11) is 0. The highest BCUT2D eigenvalue weighted by Crippen LogP contribution is 2.17. The van der Waals surface area contributed by atoms with Crippen molar-refractivity contribution in [3.63, 3.8) is 0 Å². The molecule has 0 bridgehead atoms. The van der Waals surface area contributed by atoms with Gasteiger partial charge >= 0.3 is 0 Å². The monoisotopic (exact) mass is 309 g/mol. The second-order valence-corrected chi connectivity index (χ2v) is 4.46. The maximum atomic E-state index is 11.8. The van der Waals surface area contributed by atoms with Gasteiger partial charge in [-0.15, -0.1) is 0 Å². The Labute approximate surface area is 113 Å². The van der Waals surface area contributed by atoms with Crippen LogP contribution in [-0.2, 0) is 0 Å². The molecule has 2 rings (SSSR count). The summed E-state index contributed by atoms with van der Waals surface area (Å²) in [5.41, 5.74) is 1.18. The molecule has 1 atom stereocenters. The second-order valence-electron chi connectivity index (χ2n) is 3.74.